The SMILES string of the molecule is COC1CCN(C(=O)CNC(=O)c2ccc(S(=O)(=O)N(Oc3ccccc3)c3ccccc3)cc2)CC1. The average molecular weight is 524 g/mol. The third-order valence-electron chi connectivity index (χ3n) is 6.06. The molecule has 1 heterocycles. The van der Waals surface area contributed by atoms with Gasteiger partial charge in [0.2, 0.25) is 5.91 Å². The summed E-state index contributed by atoms with van der Waals surface area (Å²) in [4.78, 5) is 32.4. The number of hydrogen-bond donors (Lipinski definition) is 1. The van der Waals surface area contributed by atoms with Crippen LogP contribution in [0.25, 0.3) is 0 Å². The van der Waals surface area contributed by atoms with Gasteiger partial charge < -0.3 is 19.8 Å². The van der Waals surface area contributed by atoms with Crippen molar-refractivity contribution in [2.75, 3.05) is 31.2 Å². The molecule has 3 aromatic rings. The van der Waals surface area contributed by atoms with Crippen molar-refractivity contribution in [1.82, 2.24) is 10.2 Å². The molecule has 2 amide bonds. The van der Waals surface area contributed by atoms with Gasteiger partial charge in [-0.1, -0.05) is 40.9 Å². The third kappa shape index (κ3) is 6.46. The second-order valence-electron chi connectivity index (χ2n) is 8.49. The highest BCUT2D eigenvalue weighted by Crippen LogP contribution is 2.26. The minimum absolute atomic E-state index is 0.0547. The summed E-state index contributed by atoms with van der Waals surface area (Å²) >= 11 is 0. The Morgan fingerprint density at radius 2 is 1.51 bits per heavy atom. The van der Waals surface area contributed by atoms with E-state index >= 15 is 0 Å². The van der Waals surface area contributed by atoms with Crippen LogP contribution in [0.5, 0.6) is 5.75 Å². The van der Waals surface area contributed by atoms with Crippen molar-refractivity contribution in [2.24, 2.45) is 0 Å². The quantitative estimate of drug-likeness (QED) is 0.432. The first kappa shape index (κ1) is 26.2. The summed E-state index contributed by atoms with van der Waals surface area (Å²) in [5.74, 6) is -0.287. The number of carbonyl (C=O) groups is 2. The summed E-state index contributed by atoms with van der Waals surface area (Å²) in [7, 11) is -2.47. The highest BCUT2D eigenvalue weighted by molar-refractivity contribution is 7.92. The highest BCUT2D eigenvalue weighted by Gasteiger charge is 2.28. The van der Waals surface area contributed by atoms with Crippen LogP contribution in [-0.2, 0) is 19.6 Å². The minimum atomic E-state index is -4.13. The van der Waals surface area contributed by atoms with Crippen LogP contribution >= 0.6 is 0 Å². The lowest BCUT2D eigenvalue weighted by Gasteiger charge is -2.31. The van der Waals surface area contributed by atoms with Gasteiger partial charge >= 0.3 is 0 Å². The predicted molar refractivity (Wildman–Crippen MR) is 139 cm³/mol. The molecule has 1 aliphatic rings. The summed E-state index contributed by atoms with van der Waals surface area (Å²) in [6.45, 7) is 1.04. The molecule has 0 aliphatic carbocycles. The number of ether oxygens (including phenoxy) is 1. The lowest BCUT2D eigenvalue weighted by Crippen LogP contribution is -2.45. The first-order valence-electron chi connectivity index (χ1n) is 11.9. The van der Waals surface area contributed by atoms with Crippen LogP contribution < -0.4 is 14.6 Å². The Morgan fingerprint density at radius 3 is 2.11 bits per heavy atom. The molecule has 1 saturated heterocycles. The van der Waals surface area contributed by atoms with Gasteiger partial charge in [0.15, 0.2) is 5.75 Å². The summed E-state index contributed by atoms with van der Waals surface area (Å²) in [5, 5.41) is 2.61. The number of likely N-dealkylation sites (tertiary alicyclic amines) is 1. The lowest BCUT2D eigenvalue weighted by molar-refractivity contribution is -0.132. The molecule has 1 N–H and O–H groups in total. The molecule has 10 heteroatoms. The van der Waals surface area contributed by atoms with Crippen molar-refractivity contribution >= 4 is 27.5 Å². The van der Waals surface area contributed by atoms with E-state index in [1.54, 1.807) is 72.7 Å². The van der Waals surface area contributed by atoms with Gasteiger partial charge in [-0.2, -0.15) is 8.42 Å². The Kier molecular flexibility index (Phi) is 8.42. The van der Waals surface area contributed by atoms with Gasteiger partial charge in [-0.15, -0.1) is 0 Å². The fraction of sp³-hybridized carbons (Fsp3) is 0.259. The van der Waals surface area contributed by atoms with Crippen molar-refractivity contribution in [3.8, 4) is 5.75 Å². The maximum Gasteiger partial charge on any atom is 0.295 e. The van der Waals surface area contributed by atoms with Crippen LogP contribution in [0.15, 0.2) is 89.8 Å². The number of para-hydroxylation sites is 2. The Bertz CT molecular complexity index is 1290. The molecule has 0 saturated carbocycles. The number of piperidine rings is 1. The molecule has 3 aromatic carbocycles. The number of benzene rings is 3. The fourth-order valence-electron chi connectivity index (χ4n) is 3.95. The molecule has 0 spiro atoms. The number of sulfonamides is 1. The maximum atomic E-state index is 13.5. The average Bonchev–Trinajstić information content (AvgIpc) is 2.95. The van der Waals surface area contributed by atoms with Crippen molar-refractivity contribution in [3.05, 3.63) is 90.5 Å². The van der Waals surface area contributed by atoms with Crippen LogP contribution in [0.4, 0.5) is 5.69 Å². The minimum Gasteiger partial charge on any atom is -0.381 e. The van der Waals surface area contributed by atoms with Crippen LogP contribution in [-0.4, -0.2) is 58.0 Å². The van der Waals surface area contributed by atoms with Gasteiger partial charge in [0.1, 0.15) is 0 Å². The van der Waals surface area contributed by atoms with Gasteiger partial charge in [0.25, 0.3) is 15.9 Å². The first-order valence-corrected chi connectivity index (χ1v) is 13.3. The first-order chi connectivity index (χ1) is 17.9. The molecule has 9 nitrogen and oxygen atoms in total. The maximum absolute atomic E-state index is 13.5. The van der Waals surface area contributed by atoms with E-state index in [0.29, 0.717) is 24.5 Å². The van der Waals surface area contributed by atoms with E-state index in [2.05, 4.69) is 5.32 Å². The number of amides is 2. The topological polar surface area (TPSA) is 105 Å². The monoisotopic (exact) mass is 523 g/mol. The normalized spacial score (nSPS) is 14.1. The number of anilines is 1. The Morgan fingerprint density at radius 1 is 0.919 bits per heavy atom. The molecular weight excluding hydrogens is 494 g/mol. The number of hydrogen-bond acceptors (Lipinski definition) is 6. The van der Waals surface area contributed by atoms with E-state index in [4.69, 9.17) is 9.57 Å². The number of carbonyl (C=O) groups excluding carboxylic acids is 2. The fourth-order valence-corrected chi connectivity index (χ4v) is 5.21. The van der Waals surface area contributed by atoms with E-state index < -0.39 is 15.9 Å². The van der Waals surface area contributed by atoms with Crippen molar-refractivity contribution < 1.29 is 27.6 Å². The standard InChI is InChI=1S/C27H29N3O6S/c1-35-23-16-18-29(19-17-23)26(31)20-28-27(32)21-12-14-25(15-13-21)37(33,34)30(22-8-4-2-5-9-22)36-24-10-6-3-7-11-24/h2-15,23H,16-20H2,1H3,(H,28,32). The molecule has 0 radical (unpaired) electrons. The van der Waals surface area contributed by atoms with Gasteiger partial charge in [0.05, 0.1) is 23.2 Å². The van der Waals surface area contributed by atoms with E-state index in [1.807, 2.05) is 0 Å². The summed E-state index contributed by atoms with van der Waals surface area (Å²) < 4.78 is 33.2. The third-order valence-corrected chi connectivity index (χ3v) is 7.65. The van der Waals surface area contributed by atoms with Crippen LogP contribution in [0.1, 0.15) is 23.2 Å². The zero-order valence-electron chi connectivity index (χ0n) is 20.4. The summed E-state index contributed by atoms with van der Waals surface area (Å²) in [6.07, 6.45) is 1.68. The van der Waals surface area contributed by atoms with Crippen molar-refractivity contribution in [1.29, 1.82) is 0 Å². The Labute approximate surface area is 216 Å². The summed E-state index contributed by atoms with van der Waals surface area (Å²) in [5.41, 5.74) is 0.557. The Balaban J connectivity index is 1.44. The second kappa shape index (κ2) is 11.9. The van der Waals surface area contributed by atoms with E-state index in [-0.39, 0.29) is 29.0 Å². The van der Waals surface area contributed by atoms with E-state index in [0.717, 1.165) is 17.3 Å². The zero-order valence-corrected chi connectivity index (χ0v) is 21.3. The highest BCUT2D eigenvalue weighted by atomic mass is 32.2. The number of rotatable bonds is 9. The predicted octanol–water partition coefficient (Wildman–Crippen LogP) is 3.24. The van der Waals surface area contributed by atoms with Gasteiger partial charge in [-0.05, 0) is 61.4 Å². The molecule has 37 heavy (non-hydrogen) atoms. The smallest absolute Gasteiger partial charge is 0.295 e. The molecule has 0 unspecified atom stereocenters. The van der Waals surface area contributed by atoms with E-state index in [9.17, 15) is 18.0 Å². The van der Waals surface area contributed by atoms with Crippen LogP contribution in [0, 0.1) is 0 Å². The number of nitrogens with one attached hydrogen (secondary N) is 1. The van der Waals surface area contributed by atoms with Gasteiger partial charge in [-0.3, -0.25) is 9.59 Å². The molecule has 0 aromatic heterocycles. The molecule has 1 aliphatic heterocycles. The molecule has 1 fully saturated rings. The van der Waals surface area contributed by atoms with Crippen molar-refractivity contribution in [3.63, 3.8) is 0 Å². The molecule has 194 valence electrons. The van der Waals surface area contributed by atoms with Crippen LogP contribution in [0.2, 0.25) is 0 Å². The number of methoxy groups -OCH3 is 1. The Hall–Kier alpha value is -3.89. The number of nitrogens with zero attached hydrogens (tertiary/aromatic N) is 2. The second-order valence-corrected chi connectivity index (χ2v) is 10.2. The largest absolute Gasteiger partial charge is 0.381 e. The molecular formula is C27H29N3O6S. The summed E-state index contributed by atoms with van der Waals surface area (Å²) in [6, 6.07) is 22.5. The molecule has 4 rings (SSSR count). The van der Waals surface area contributed by atoms with Crippen LogP contribution in [0.3, 0.4) is 0 Å². The molecule has 0 atom stereocenters. The van der Waals surface area contributed by atoms with Crippen molar-refractivity contribution in [2.45, 2.75) is 23.8 Å². The zero-order chi connectivity index (χ0) is 26.3. The molecule has 0 bridgehead atoms. The van der Waals surface area contributed by atoms with Gasteiger partial charge in [-0.25, -0.2) is 0 Å². The lowest BCUT2D eigenvalue weighted by atomic mass is 10.1. The van der Waals surface area contributed by atoms with E-state index in [1.165, 1.54) is 24.3 Å². The van der Waals surface area contributed by atoms with Gasteiger partial charge in [0, 0.05) is 25.8 Å².